The summed E-state index contributed by atoms with van der Waals surface area (Å²) in [7, 11) is -1.43. The van der Waals surface area contributed by atoms with Crippen molar-refractivity contribution < 1.29 is 13.2 Å². The van der Waals surface area contributed by atoms with Gasteiger partial charge in [0.25, 0.3) is 5.91 Å². The third-order valence-corrected chi connectivity index (χ3v) is 6.46. The molecule has 0 unspecified atom stereocenters. The standard InChI is InChI=1S/C19H28N4O3S/c1-4-5-11-21(2)19(24)17-16-10-6-7-13-23(16)18(20-17)15-9-8-12-22(14-15)27(3,25)26/h6-7,10,13,15H,4-5,8-9,11-12,14H2,1-3H3/t15-/m1/s1. The van der Waals surface area contributed by atoms with Gasteiger partial charge in [0.15, 0.2) is 5.69 Å². The van der Waals surface area contributed by atoms with Gasteiger partial charge in [-0.2, -0.15) is 0 Å². The highest BCUT2D eigenvalue weighted by Crippen LogP contribution is 2.29. The number of fused-ring (bicyclic) bond motifs is 1. The lowest BCUT2D eigenvalue weighted by Gasteiger charge is -2.30. The Balaban J connectivity index is 1.96. The molecular weight excluding hydrogens is 364 g/mol. The molecule has 1 atom stereocenters. The molecule has 0 radical (unpaired) electrons. The van der Waals surface area contributed by atoms with E-state index < -0.39 is 10.0 Å². The lowest BCUT2D eigenvalue weighted by Crippen LogP contribution is -2.38. The van der Waals surface area contributed by atoms with Crippen molar-refractivity contribution >= 4 is 21.4 Å². The van der Waals surface area contributed by atoms with Crippen LogP contribution in [0, 0.1) is 0 Å². The molecule has 3 rings (SSSR count). The van der Waals surface area contributed by atoms with Gasteiger partial charge in [0, 0.05) is 38.8 Å². The van der Waals surface area contributed by atoms with Crippen LogP contribution in [-0.4, -0.2) is 65.9 Å². The Bertz CT molecular complexity index is 922. The van der Waals surface area contributed by atoms with Gasteiger partial charge in [-0.05, 0) is 31.4 Å². The number of aromatic nitrogens is 2. The number of nitrogens with zero attached hydrogens (tertiary/aromatic N) is 4. The number of piperidine rings is 1. The average Bonchev–Trinajstić information content (AvgIpc) is 3.04. The van der Waals surface area contributed by atoms with Gasteiger partial charge in [-0.25, -0.2) is 17.7 Å². The largest absolute Gasteiger partial charge is 0.340 e. The van der Waals surface area contributed by atoms with Crippen LogP contribution < -0.4 is 0 Å². The molecule has 148 valence electrons. The predicted octanol–water partition coefficient (Wildman–Crippen LogP) is 2.35. The number of rotatable bonds is 6. The SMILES string of the molecule is CCCCN(C)C(=O)c1nc([C@@H]2CCCN(S(C)(=O)=O)C2)n2ccccc12. The van der Waals surface area contributed by atoms with Gasteiger partial charge in [0.2, 0.25) is 10.0 Å². The molecule has 8 heteroatoms. The predicted molar refractivity (Wildman–Crippen MR) is 105 cm³/mol. The number of unbranched alkanes of at least 4 members (excludes halogenated alkanes) is 1. The number of carbonyl (C=O) groups excluding carboxylic acids is 1. The molecule has 1 aliphatic heterocycles. The molecule has 0 N–H and O–H groups in total. The monoisotopic (exact) mass is 392 g/mol. The molecule has 0 saturated carbocycles. The van der Waals surface area contributed by atoms with Crippen LogP contribution in [0.25, 0.3) is 5.52 Å². The number of hydrogen-bond acceptors (Lipinski definition) is 4. The Morgan fingerprint density at radius 3 is 2.85 bits per heavy atom. The van der Waals surface area contributed by atoms with E-state index in [4.69, 9.17) is 4.98 Å². The Morgan fingerprint density at radius 2 is 2.15 bits per heavy atom. The molecule has 1 aliphatic rings. The summed E-state index contributed by atoms with van der Waals surface area (Å²) in [5.74, 6) is 0.659. The maximum Gasteiger partial charge on any atom is 0.274 e. The van der Waals surface area contributed by atoms with Crippen molar-refractivity contribution in [3.05, 3.63) is 35.9 Å². The normalized spacial score (nSPS) is 18.7. The highest BCUT2D eigenvalue weighted by Gasteiger charge is 2.31. The second-order valence-corrected chi connectivity index (χ2v) is 9.30. The minimum absolute atomic E-state index is 0.0223. The van der Waals surface area contributed by atoms with Gasteiger partial charge >= 0.3 is 0 Å². The van der Waals surface area contributed by atoms with E-state index in [1.807, 2.05) is 28.8 Å². The molecule has 1 saturated heterocycles. The third-order valence-electron chi connectivity index (χ3n) is 5.19. The molecule has 2 aromatic rings. The Hall–Kier alpha value is -1.93. The molecule has 1 amide bonds. The van der Waals surface area contributed by atoms with Gasteiger partial charge in [-0.15, -0.1) is 0 Å². The number of pyridine rings is 1. The van der Waals surface area contributed by atoms with Crippen molar-refractivity contribution in [2.75, 3.05) is 32.9 Å². The molecule has 27 heavy (non-hydrogen) atoms. The van der Waals surface area contributed by atoms with Crippen LogP contribution in [0.5, 0.6) is 0 Å². The van der Waals surface area contributed by atoms with Crippen LogP contribution in [0.3, 0.4) is 0 Å². The van der Waals surface area contributed by atoms with E-state index in [9.17, 15) is 13.2 Å². The first-order chi connectivity index (χ1) is 12.8. The van der Waals surface area contributed by atoms with E-state index in [-0.39, 0.29) is 11.8 Å². The highest BCUT2D eigenvalue weighted by atomic mass is 32.2. The molecule has 3 heterocycles. The fraction of sp³-hybridized carbons (Fsp3) is 0.579. The fourth-order valence-electron chi connectivity index (χ4n) is 3.64. The summed E-state index contributed by atoms with van der Waals surface area (Å²) in [5, 5.41) is 0. The summed E-state index contributed by atoms with van der Waals surface area (Å²) in [6.07, 6.45) is 6.78. The summed E-state index contributed by atoms with van der Waals surface area (Å²) >= 11 is 0. The summed E-state index contributed by atoms with van der Waals surface area (Å²) < 4.78 is 27.4. The summed E-state index contributed by atoms with van der Waals surface area (Å²) in [4.78, 5) is 19.4. The van der Waals surface area contributed by atoms with Gasteiger partial charge < -0.3 is 9.30 Å². The van der Waals surface area contributed by atoms with Gasteiger partial charge in [0.05, 0.1) is 11.8 Å². The number of hydrogen-bond donors (Lipinski definition) is 0. The number of sulfonamides is 1. The number of amides is 1. The molecule has 7 nitrogen and oxygen atoms in total. The van der Waals surface area contributed by atoms with Crippen molar-refractivity contribution in [2.24, 2.45) is 0 Å². The first-order valence-corrected chi connectivity index (χ1v) is 11.3. The van der Waals surface area contributed by atoms with Crippen LogP contribution >= 0.6 is 0 Å². The fourth-order valence-corrected chi connectivity index (χ4v) is 4.55. The number of imidazole rings is 1. The van der Waals surface area contributed by atoms with E-state index in [2.05, 4.69) is 6.92 Å². The van der Waals surface area contributed by atoms with E-state index in [0.29, 0.717) is 25.3 Å². The second-order valence-electron chi connectivity index (χ2n) is 7.31. The van der Waals surface area contributed by atoms with Crippen LogP contribution in [0.1, 0.15) is 54.8 Å². The Labute approximate surface area is 161 Å². The van der Waals surface area contributed by atoms with Crippen LogP contribution in [0.4, 0.5) is 0 Å². The zero-order chi connectivity index (χ0) is 19.6. The summed E-state index contributed by atoms with van der Waals surface area (Å²) in [6, 6.07) is 5.70. The minimum atomic E-state index is -3.23. The van der Waals surface area contributed by atoms with E-state index in [1.165, 1.54) is 10.6 Å². The van der Waals surface area contributed by atoms with E-state index in [0.717, 1.165) is 37.0 Å². The van der Waals surface area contributed by atoms with E-state index in [1.54, 1.807) is 11.9 Å². The van der Waals surface area contributed by atoms with Crippen molar-refractivity contribution in [3.63, 3.8) is 0 Å². The van der Waals surface area contributed by atoms with Crippen LogP contribution in [0.15, 0.2) is 24.4 Å². The lowest BCUT2D eigenvalue weighted by molar-refractivity contribution is 0.0789. The maximum atomic E-state index is 12.9. The molecule has 0 bridgehead atoms. The molecule has 0 aliphatic carbocycles. The molecule has 2 aromatic heterocycles. The van der Waals surface area contributed by atoms with Crippen molar-refractivity contribution in [2.45, 2.75) is 38.5 Å². The molecule has 1 fully saturated rings. The molecule has 0 aromatic carbocycles. The topological polar surface area (TPSA) is 75.0 Å². The number of carbonyl (C=O) groups is 1. The summed E-state index contributed by atoms with van der Waals surface area (Å²) in [5.41, 5.74) is 1.22. The lowest BCUT2D eigenvalue weighted by atomic mass is 9.99. The smallest absolute Gasteiger partial charge is 0.274 e. The molecular formula is C19H28N4O3S. The van der Waals surface area contributed by atoms with Crippen molar-refractivity contribution in [1.29, 1.82) is 0 Å². The van der Waals surface area contributed by atoms with E-state index >= 15 is 0 Å². The van der Waals surface area contributed by atoms with Crippen LogP contribution in [0.2, 0.25) is 0 Å². The average molecular weight is 393 g/mol. The minimum Gasteiger partial charge on any atom is -0.340 e. The van der Waals surface area contributed by atoms with Gasteiger partial charge in [0.1, 0.15) is 5.82 Å². The third kappa shape index (κ3) is 4.16. The van der Waals surface area contributed by atoms with Gasteiger partial charge in [-0.3, -0.25) is 4.79 Å². The van der Waals surface area contributed by atoms with Crippen molar-refractivity contribution in [3.8, 4) is 0 Å². The maximum absolute atomic E-state index is 12.9. The quantitative estimate of drug-likeness (QED) is 0.756. The first-order valence-electron chi connectivity index (χ1n) is 9.50. The zero-order valence-electron chi connectivity index (χ0n) is 16.3. The van der Waals surface area contributed by atoms with Gasteiger partial charge in [-0.1, -0.05) is 19.4 Å². The second kappa shape index (κ2) is 7.98. The summed E-state index contributed by atoms with van der Waals surface area (Å²) in [6.45, 7) is 3.75. The zero-order valence-corrected chi connectivity index (χ0v) is 17.1. The van der Waals surface area contributed by atoms with Crippen molar-refractivity contribution in [1.82, 2.24) is 18.6 Å². The highest BCUT2D eigenvalue weighted by molar-refractivity contribution is 7.88. The first kappa shape index (κ1) is 19.8. The van der Waals surface area contributed by atoms with Crippen LogP contribution in [-0.2, 0) is 10.0 Å². The Kier molecular flexibility index (Phi) is 5.86. The Morgan fingerprint density at radius 1 is 1.37 bits per heavy atom. The molecule has 0 spiro atoms.